The highest BCUT2D eigenvalue weighted by atomic mass is 16.8. The van der Waals surface area contributed by atoms with Gasteiger partial charge >= 0.3 is 0 Å². The van der Waals surface area contributed by atoms with Gasteiger partial charge in [0.05, 0.1) is 24.9 Å². The van der Waals surface area contributed by atoms with Crippen LogP contribution in [0.5, 0.6) is 0 Å². The minimum atomic E-state index is -0.612. The SMILES string of the molecule is CC1(C)OC2C3CC(C2O1)C1C2COC(O2)C(=O)C31. The molecule has 5 nitrogen and oxygen atoms in total. The molecule has 3 aliphatic heterocycles. The number of ether oxygens (including phenoxy) is 4. The standard InChI is InChI=1S/C14H18O5/c1-14(2)18-11-5-3-6(12(11)19-14)9-8(5)7-4-16-13(17-7)10(9)15/h5-9,11-13H,3-4H2,1-2H3. The smallest absolute Gasteiger partial charge is 0.218 e. The molecule has 0 N–H and O–H groups in total. The lowest BCUT2D eigenvalue weighted by atomic mass is 9.71. The van der Waals surface area contributed by atoms with E-state index in [2.05, 4.69) is 0 Å². The van der Waals surface area contributed by atoms with Crippen LogP contribution in [0, 0.1) is 23.7 Å². The van der Waals surface area contributed by atoms with Gasteiger partial charge in [-0.1, -0.05) is 0 Å². The third-order valence-electron chi connectivity index (χ3n) is 5.62. The molecule has 104 valence electrons. The molecule has 4 bridgehead atoms. The molecule has 0 radical (unpaired) electrons. The third kappa shape index (κ3) is 1.23. The summed E-state index contributed by atoms with van der Waals surface area (Å²) in [5.74, 6) is 0.644. The molecule has 0 spiro atoms. The number of ketones is 1. The van der Waals surface area contributed by atoms with Crippen molar-refractivity contribution in [3.63, 3.8) is 0 Å². The van der Waals surface area contributed by atoms with Crippen LogP contribution in [0.1, 0.15) is 20.3 Å². The van der Waals surface area contributed by atoms with Crippen LogP contribution in [0.4, 0.5) is 0 Å². The molecule has 0 aromatic rings. The maximum absolute atomic E-state index is 12.5. The Kier molecular flexibility index (Phi) is 1.90. The fourth-order valence-electron chi connectivity index (χ4n) is 5.18. The number of Topliss-reactive ketones (excluding diaryl/α,β-unsaturated/α-hetero) is 1. The summed E-state index contributed by atoms with van der Waals surface area (Å²) < 4.78 is 23.3. The summed E-state index contributed by atoms with van der Waals surface area (Å²) in [4.78, 5) is 12.5. The van der Waals surface area contributed by atoms with E-state index in [0.29, 0.717) is 18.4 Å². The summed E-state index contributed by atoms with van der Waals surface area (Å²) >= 11 is 0. The Hall–Kier alpha value is -0.490. The van der Waals surface area contributed by atoms with E-state index in [1.807, 2.05) is 13.8 Å². The zero-order chi connectivity index (χ0) is 12.9. The number of carbonyl (C=O) groups excluding carboxylic acids is 1. The second kappa shape index (κ2) is 3.22. The molecular formula is C14H18O5. The highest BCUT2D eigenvalue weighted by Crippen LogP contribution is 2.62. The van der Waals surface area contributed by atoms with Crippen LogP contribution in [-0.4, -0.2) is 42.8 Å². The maximum Gasteiger partial charge on any atom is 0.218 e. The van der Waals surface area contributed by atoms with Crippen LogP contribution in [0.3, 0.4) is 0 Å². The highest BCUT2D eigenvalue weighted by Gasteiger charge is 2.70. The second-order valence-electron chi connectivity index (χ2n) is 6.97. The first-order chi connectivity index (χ1) is 9.05. The van der Waals surface area contributed by atoms with Crippen molar-refractivity contribution in [3.05, 3.63) is 0 Å². The average molecular weight is 266 g/mol. The summed E-state index contributed by atoms with van der Waals surface area (Å²) in [7, 11) is 0. The van der Waals surface area contributed by atoms with Gasteiger partial charge in [0.2, 0.25) is 6.29 Å². The molecule has 0 aromatic carbocycles. The van der Waals surface area contributed by atoms with Gasteiger partial charge in [-0.25, -0.2) is 0 Å². The number of fused-ring (bicyclic) bond motifs is 11. The number of rotatable bonds is 0. The van der Waals surface area contributed by atoms with Crippen molar-refractivity contribution >= 4 is 5.78 Å². The van der Waals surface area contributed by atoms with Gasteiger partial charge in [0, 0.05) is 11.8 Å². The lowest BCUT2D eigenvalue weighted by Crippen LogP contribution is -2.52. The normalized spacial score (nSPS) is 60.4. The third-order valence-corrected chi connectivity index (χ3v) is 5.62. The van der Waals surface area contributed by atoms with Gasteiger partial charge in [0.15, 0.2) is 11.6 Å². The molecule has 8 unspecified atom stereocenters. The van der Waals surface area contributed by atoms with Gasteiger partial charge in [-0.15, -0.1) is 0 Å². The van der Waals surface area contributed by atoms with Crippen molar-refractivity contribution in [2.24, 2.45) is 23.7 Å². The molecule has 3 heterocycles. The van der Waals surface area contributed by atoms with Gasteiger partial charge in [-0.05, 0) is 32.1 Å². The van der Waals surface area contributed by atoms with Crippen LogP contribution in [0.2, 0.25) is 0 Å². The van der Waals surface area contributed by atoms with E-state index < -0.39 is 12.1 Å². The monoisotopic (exact) mass is 266 g/mol. The molecule has 5 fully saturated rings. The lowest BCUT2D eigenvalue weighted by Gasteiger charge is -2.40. The molecule has 2 aliphatic carbocycles. The Labute approximate surface area is 111 Å². The number of hydrogen-bond donors (Lipinski definition) is 0. The topological polar surface area (TPSA) is 54.0 Å². The van der Waals surface area contributed by atoms with E-state index in [0.717, 1.165) is 6.42 Å². The molecule has 5 heteroatoms. The van der Waals surface area contributed by atoms with Crippen LogP contribution in [-0.2, 0) is 23.7 Å². The van der Waals surface area contributed by atoms with E-state index in [4.69, 9.17) is 18.9 Å². The van der Waals surface area contributed by atoms with Gasteiger partial charge in [-0.2, -0.15) is 0 Å². The minimum absolute atomic E-state index is 0.0648. The molecule has 8 atom stereocenters. The molecular weight excluding hydrogens is 248 g/mol. The van der Waals surface area contributed by atoms with Crippen LogP contribution >= 0.6 is 0 Å². The first kappa shape index (κ1) is 11.2. The van der Waals surface area contributed by atoms with E-state index in [1.165, 1.54) is 0 Å². The van der Waals surface area contributed by atoms with Crippen LogP contribution in [0.25, 0.3) is 0 Å². The largest absolute Gasteiger partial charge is 0.344 e. The van der Waals surface area contributed by atoms with E-state index >= 15 is 0 Å². The van der Waals surface area contributed by atoms with Crippen molar-refractivity contribution in [2.45, 2.75) is 50.7 Å². The van der Waals surface area contributed by atoms with Crippen LogP contribution < -0.4 is 0 Å². The average Bonchev–Trinajstić information content (AvgIpc) is 3.02. The Morgan fingerprint density at radius 3 is 2.68 bits per heavy atom. The second-order valence-corrected chi connectivity index (χ2v) is 6.97. The van der Waals surface area contributed by atoms with Crippen molar-refractivity contribution < 1.29 is 23.7 Å². The van der Waals surface area contributed by atoms with Crippen molar-refractivity contribution in [1.29, 1.82) is 0 Å². The molecule has 5 aliphatic rings. The minimum Gasteiger partial charge on any atom is -0.344 e. The molecule has 0 amide bonds. The summed E-state index contributed by atoms with van der Waals surface area (Å²) in [5, 5.41) is 0. The van der Waals surface area contributed by atoms with E-state index in [-0.39, 0.29) is 35.9 Å². The molecule has 3 saturated heterocycles. The fourth-order valence-corrected chi connectivity index (χ4v) is 5.18. The Bertz CT molecular complexity index is 461. The van der Waals surface area contributed by atoms with E-state index in [9.17, 15) is 4.79 Å². The van der Waals surface area contributed by atoms with Crippen molar-refractivity contribution in [1.82, 2.24) is 0 Å². The number of hydrogen-bond acceptors (Lipinski definition) is 5. The Morgan fingerprint density at radius 1 is 1.16 bits per heavy atom. The first-order valence-corrected chi connectivity index (χ1v) is 7.21. The van der Waals surface area contributed by atoms with E-state index in [1.54, 1.807) is 0 Å². The zero-order valence-electron chi connectivity index (χ0n) is 11.1. The Morgan fingerprint density at radius 2 is 1.89 bits per heavy atom. The zero-order valence-corrected chi connectivity index (χ0v) is 11.1. The van der Waals surface area contributed by atoms with Crippen molar-refractivity contribution in [2.75, 3.05) is 6.61 Å². The van der Waals surface area contributed by atoms with Gasteiger partial charge in [-0.3, -0.25) is 4.79 Å². The summed E-state index contributed by atoms with van der Waals surface area (Å²) in [5.41, 5.74) is 0. The fraction of sp³-hybridized carbons (Fsp3) is 0.929. The predicted molar refractivity (Wildman–Crippen MR) is 62.0 cm³/mol. The summed E-state index contributed by atoms with van der Waals surface area (Å²) in [6.45, 7) is 4.48. The van der Waals surface area contributed by atoms with Crippen molar-refractivity contribution in [3.8, 4) is 0 Å². The van der Waals surface area contributed by atoms with Gasteiger partial charge in [0.25, 0.3) is 0 Å². The molecule has 5 rings (SSSR count). The predicted octanol–water partition coefficient (Wildman–Crippen LogP) is 0.713. The highest BCUT2D eigenvalue weighted by molar-refractivity contribution is 5.86. The van der Waals surface area contributed by atoms with Crippen LogP contribution in [0.15, 0.2) is 0 Å². The molecule has 19 heavy (non-hydrogen) atoms. The van der Waals surface area contributed by atoms with Gasteiger partial charge in [0.1, 0.15) is 0 Å². The molecule has 0 aromatic heterocycles. The quantitative estimate of drug-likeness (QED) is 0.646. The summed E-state index contributed by atoms with van der Waals surface area (Å²) in [6, 6.07) is 0. The van der Waals surface area contributed by atoms with Gasteiger partial charge < -0.3 is 18.9 Å². The lowest BCUT2D eigenvalue weighted by molar-refractivity contribution is -0.174. The summed E-state index contributed by atoms with van der Waals surface area (Å²) in [6.07, 6.45) is 0.729. The number of carbonyl (C=O) groups is 1. The molecule has 2 saturated carbocycles. The Balaban J connectivity index is 1.55. The first-order valence-electron chi connectivity index (χ1n) is 7.21. The maximum atomic E-state index is 12.5.